The molecule has 142 valence electrons. The Bertz CT molecular complexity index is 802. The molecule has 2 aromatic carbocycles. The Morgan fingerprint density at radius 3 is 2.37 bits per heavy atom. The number of piperazine rings is 1. The molecular formula is C20H22FN3O3. The lowest BCUT2D eigenvalue weighted by atomic mass is 10.2. The number of para-hydroxylation sites is 1. The van der Waals surface area contributed by atoms with Crippen LogP contribution in [-0.4, -0.2) is 49.7 Å². The molecule has 3 rings (SSSR count). The Hall–Kier alpha value is -3.09. The fraction of sp³-hybridized carbons (Fsp3) is 0.300. The van der Waals surface area contributed by atoms with Crippen LogP contribution in [0, 0.1) is 5.82 Å². The molecular weight excluding hydrogens is 349 g/mol. The first-order valence-electron chi connectivity index (χ1n) is 8.91. The number of hydrogen-bond acceptors (Lipinski definition) is 4. The molecule has 2 amide bonds. The molecule has 7 heteroatoms. The van der Waals surface area contributed by atoms with E-state index in [0.717, 1.165) is 5.69 Å². The summed E-state index contributed by atoms with van der Waals surface area (Å²) in [5.41, 5.74) is 1.70. The van der Waals surface area contributed by atoms with E-state index >= 15 is 0 Å². The van der Waals surface area contributed by atoms with Gasteiger partial charge in [0.1, 0.15) is 5.82 Å². The minimum atomic E-state index is -0.463. The maximum Gasteiger partial charge on any atom is 0.340 e. The molecule has 0 saturated carbocycles. The molecule has 0 aliphatic carbocycles. The van der Waals surface area contributed by atoms with Gasteiger partial charge in [0.2, 0.25) is 0 Å². The van der Waals surface area contributed by atoms with Crippen LogP contribution in [-0.2, 0) is 4.74 Å². The van der Waals surface area contributed by atoms with E-state index in [4.69, 9.17) is 4.74 Å². The zero-order valence-electron chi connectivity index (χ0n) is 15.2. The molecule has 2 aromatic rings. The van der Waals surface area contributed by atoms with Crippen molar-refractivity contribution in [1.29, 1.82) is 0 Å². The average Bonchev–Trinajstić information content (AvgIpc) is 2.69. The van der Waals surface area contributed by atoms with E-state index in [1.807, 2.05) is 0 Å². The molecule has 0 aromatic heterocycles. The van der Waals surface area contributed by atoms with Gasteiger partial charge in [-0.05, 0) is 43.3 Å². The number of nitrogens with one attached hydrogen (secondary N) is 1. The van der Waals surface area contributed by atoms with Crippen LogP contribution in [0.4, 0.5) is 20.6 Å². The summed E-state index contributed by atoms with van der Waals surface area (Å²) in [6.07, 6.45) is 0. The van der Waals surface area contributed by atoms with Crippen molar-refractivity contribution in [2.45, 2.75) is 6.92 Å². The van der Waals surface area contributed by atoms with Gasteiger partial charge in [-0.15, -0.1) is 0 Å². The second-order valence-electron chi connectivity index (χ2n) is 6.15. The van der Waals surface area contributed by atoms with E-state index in [1.54, 1.807) is 48.2 Å². The highest BCUT2D eigenvalue weighted by Crippen LogP contribution is 2.19. The highest BCUT2D eigenvalue weighted by Gasteiger charge is 2.23. The van der Waals surface area contributed by atoms with E-state index < -0.39 is 5.97 Å². The number of amides is 2. The molecule has 1 N–H and O–H groups in total. The molecule has 27 heavy (non-hydrogen) atoms. The number of rotatable bonds is 4. The number of ether oxygens (including phenoxy) is 1. The lowest BCUT2D eigenvalue weighted by molar-refractivity contribution is 0.0527. The van der Waals surface area contributed by atoms with Gasteiger partial charge in [0, 0.05) is 31.9 Å². The summed E-state index contributed by atoms with van der Waals surface area (Å²) in [6, 6.07) is 12.9. The zero-order chi connectivity index (χ0) is 19.2. The minimum absolute atomic E-state index is 0.259. The highest BCUT2D eigenvalue weighted by atomic mass is 19.1. The largest absolute Gasteiger partial charge is 0.462 e. The van der Waals surface area contributed by atoms with Gasteiger partial charge >= 0.3 is 12.0 Å². The average molecular weight is 371 g/mol. The van der Waals surface area contributed by atoms with Crippen molar-refractivity contribution < 1.29 is 18.7 Å². The molecule has 6 nitrogen and oxygen atoms in total. The van der Waals surface area contributed by atoms with Gasteiger partial charge in [-0.3, -0.25) is 0 Å². The van der Waals surface area contributed by atoms with Crippen LogP contribution in [0.2, 0.25) is 0 Å². The second kappa shape index (κ2) is 8.53. The smallest absolute Gasteiger partial charge is 0.340 e. The van der Waals surface area contributed by atoms with Gasteiger partial charge < -0.3 is 19.9 Å². The van der Waals surface area contributed by atoms with Gasteiger partial charge in [0.05, 0.1) is 17.9 Å². The van der Waals surface area contributed by atoms with Crippen LogP contribution in [0.1, 0.15) is 17.3 Å². The Morgan fingerprint density at radius 2 is 1.70 bits per heavy atom. The number of benzene rings is 2. The molecule has 1 aliphatic heterocycles. The standard InChI is InChI=1S/C20H22FN3O3/c1-2-27-19(25)17-5-3-4-6-18(17)22-20(26)24-13-11-23(12-14-24)16-9-7-15(21)8-10-16/h3-10H,2,11-14H2,1H3,(H,22,26). The van der Waals surface area contributed by atoms with Crippen molar-refractivity contribution in [1.82, 2.24) is 4.90 Å². The van der Waals surface area contributed by atoms with Crippen molar-refractivity contribution >= 4 is 23.4 Å². The third kappa shape index (κ3) is 4.55. The van der Waals surface area contributed by atoms with Crippen molar-refractivity contribution in [3.63, 3.8) is 0 Å². The van der Waals surface area contributed by atoms with Gasteiger partial charge in [0.15, 0.2) is 0 Å². The van der Waals surface area contributed by atoms with Crippen molar-refractivity contribution in [3.05, 3.63) is 59.9 Å². The van der Waals surface area contributed by atoms with Crippen LogP contribution >= 0.6 is 0 Å². The molecule has 0 spiro atoms. The number of halogens is 1. The summed E-state index contributed by atoms with van der Waals surface area (Å²) in [4.78, 5) is 28.4. The maximum absolute atomic E-state index is 13.1. The first-order valence-corrected chi connectivity index (χ1v) is 8.91. The molecule has 1 heterocycles. The summed E-state index contributed by atoms with van der Waals surface area (Å²) in [6.45, 7) is 4.37. The summed E-state index contributed by atoms with van der Waals surface area (Å²) in [7, 11) is 0. The fourth-order valence-corrected chi connectivity index (χ4v) is 2.99. The number of hydrogen-bond donors (Lipinski definition) is 1. The zero-order valence-corrected chi connectivity index (χ0v) is 15.2. The molecule has 0 atom stereocenters. The number of urea groups is 1. The van der Waals surface area contributed by atoms with E-state index in [1.165, 1.54) is 12.1 Å². The number of esters is 1. The monoisotopic (exact) mass is 371 g/mol. The van der Waals surface area contributed by atoms with Crippen molar-refractivity contribution in [3.8, 4) is 0 Å². The summed E-state index contributed by atoms with van der Waals surface area (Å²) < 4.78 is 18.1. The number of carbonyl (C=O) groups is 2. The molecule has 0 unspecified atom stereocenters. The van der Waals surface area contributed by atoms with E-state index in [2.05, 4.69) is 10.2 Å². The van der Waals surface area contributed by atoms with E-state index in [-0.39, 0.29) is 18.5 Å². The van der Waals surface area contributed by atoms with Crippen molar-refractivity contribution in [2.24, 2.45) is 0 Å². The molecule has 0 bridgehead atoms. The Balaban J connectivity index is 1.60. The number of nitrogens with zero attached hydrogens (tertiary/aromatic N) is 2. The van der Waals surface area contributed by atoms with Gasteiger partial charge in [-0.1, -0.05) is 12.1 Å². The second-order valence-corrected chi connectivity index (χ2v) is 6.15. The molecule has 1 saturated heterocycles. The summed E-state index contributed by atoms with van der Waals surface area (Å²) in [5, 5.41) is 2.80. The van der Waals surface area contributed by atoms with Crippen LogP contribution < -0.4 is 10.2 Å². The van der Waals surface area contributed by atoms with Gasteiger partial charge in [-0.2, -0.15) is 0 Å². The highest BCUT2D eigenvalue weighted by molar-refractivity contribution is 6.00. The Morgan fingerprint density at radius 1 is 1.04 bits per heavy atom. The Labute approximate surface area is 157 Å². The van der Waals surface area contributed by atoms with E-state index in [0.29, 0.717) is 37.4 Å². The molecule has 1 fully saturated rings. The summed E-state index contributed by atoms with van der Waals surface area (Å²) in [5.74, 6) is -0.730. The summed E-state index contributed by atoms with van der Waals surface area (Å²) >= 11 is 0. The van der Waals surface area contributed by atoms with Crippen LogP contribution in [0.3, 0.4) is 0 Å². The molecule has 0 radical (unpaired) electrons. The topological polar surface area (TPSA) is 61.9 Å². The lowest BCUT2D eigenvalue weighted by Gasteiger charge is -2.36. The SMILES string of the molecule is CCOC(=O)c1ccccc1NC(=O)N1CCN(c2ccc(F)cc2)CC1. The first kappa shape index (κ1) is 18.7. The number of anilines is 2. The van der Waals surface area contributed by atoms with Crippen molar-refractivity contribution in [2.75, 3.05) is 43.0 Å². The normalized spacial score (nSPS) is 14.0. The van der Waals surface area contributed by atoms with Gasteiger partial charge in [0.25, 0.3) is 0 Å². The molecule has 1 aliphatic rings. The fourth-order valence-electron chi connectivity index (χ4n) is 2.99. The van der Waals surface area contributed by atoms with Crippen LogP contribution in [0.25, 0.3) is 0 Å². The maximum atomic E-state index is 13.1. The van der Waals surface area contributed by atoms with E-state index in [9.17, 15) is 14.0 Å². The first-order chi connectivity index (χ1) is 13.1. The number of carbonyl (C=O) groups excluding carboxylic acids is 2. The third-order valence-corrected chi connectivity index (χ3v) is 4.42. The quantitative estimate of drug-likeness (QED) is 0.838. The van der Waals surface area contributed by atoms with Crippen LogP contribution in [0.5, 0.6) is 0 Å². The minimum Gasteiger partial charge on any atom is -0.462 e. The predicted octanol–water partition coefficient (Wildman–Crippen LogP) is 3.36. The lowest BCUT2D eigenvalue weighted by Crippen LogP contribution is -2.50. The predicted molar refractivity (Wildman–Crippen MR) is 102 cm³/mol. The van der Waals surface area contributed by atoms with Crippen LogP contribution in [0.15, 0.2) is 48.5 Å². The third-order valence-electron chi connectivity index (χ3n) is 4.42. The van der Waals surface area contributed by atoms with Gasteiger partial charge in [-0.25, -0.2) is 14.0 Å². The Kier molecular flexibility index (Phi) is 5.90.